The van der Waals surface area contributed by atoms with E-state index in [1.54, 1.807) is 18.4 Å². The van der Waals surface area contributed by atoms with E-state index in [0.29, 0.717) is 0 Å². The summed E-state index contributed by atoms with van der Waals surface area (Å²) in [5, 5.41) is 2.98. The molecule has 0 spiro atoms. The van der Waals surface area contributed by atoms with Gasteiger partial charge in [-0.05, 0) is 30.5 Å². The highest BCUT2D eigenvalue weighted by Crippen LogP contribution is 2.45. The molecule has 24 heavy (non-hydrogen) atoms. The molecule has 1 atom stereocenters. The number of thiazole rings is 1. The number of hydrogen-bond donors (Lipinski definition) is 0. The molecule has 5 heteroatoms. The fraction of sp³-hybridized carbons (Fsp3) is 0.526. The fourth-order valence-corrected chi connectivity index (χ4v) is 4.66. The maximum absolute atomic E-state index is 6.45. The van der Waals surface area contributed by atoms with Crippen LogP contribution in [0.1, 0.15) is 50.3 Å². The number of methoxy groups -OCH3 is 1. The molecule has 2 rings (SSSR count). The van der Waals surface area contributed by atoms with Crippen LogP contribution in [0.15, 0.2) is 29.8 Å². The van der Waals surface area contributed by atoms with E-state index in [1.165, 1.54) is 5.56 Å². The Morgan fingerprint density at radius 2 is 1.83 bits per heavy atom. The molecule has 3 nitrogen and oxygen atoms in total. The molecule has 0 fully saturated rings. The van der Waals surface area contributed by atoms with Gasteiger partial charge in [0.15, 0.2) is 0 Å². The van der Waals surface area contributed by atoms with Crippen LogP contribution in [-0.2, 0) is 15.8 Å². The van der Waals surface area contributed by atoms with Crippen LogP contribution in [-0.4, -0.2) is 21.1 Å². The second-order valence-corrected chi connectivity index (χ2v) is 10.5. The van der Waals surface area contributed by atoms with Gasteiger partial charge in [-0.2, -0.15) is 0 Å². The van der Waals surface area contributed by atoms with Gasteiger partial charge in [0.2, 0.25) is 9.04 Å². The molecule has 0 aliphatic rings. The van der Waals surface area contributed by atoms with E-state index in [1.807, 2.05) is 11.6 Å². The smallest absolute Gasteiger partial charge is 0.229 e. The molecule has 0 aliphatic carbocycles. The maximum Gasteiger partial charge on any atom is 0.229 e. The summed E-state index contributed by atoms with van der Waals surface area (Å²) in [7, 11) is 0.499. The number of para-hydroxylation sites is 1. The number of ether oxygens (including phenoxy) is 1. The van der Waals surface area contributed by atoms with Crippen LogP contribution in [0.2, 0.25) is 13.1 Å². The zero-order valence-corrected chi connectivity index (χ0v) is 17.8. The number of nitrogens with zero attached hydrogens (tertiary/aromatic N) is 1. The van der Waals surface area contributed by atoms with Gasteiger partial charge in [0, 0.05) is 24.3 Å². The SMILES string of the molecule is CCC(OC)(c1nccs1)c1cccc(C(C)(C)C)c1O[SiH](C)C. The van der Waals surface area contributed by atoms with Crippen LogP contribution in [0.25, 0.3) is 0 Å². The van der Waals surface area contributed by atoms with Gasteiger partial charge in [-0.15, -0.1) is 11.3 Å². The van der Waals surface area contributed by atoms with Gasteiger partial charge >= 0.3 is 0 Å². The van der Waals surface area contributed by atoms with Crippen LogP contribution in [0.5, 0.6) is 5.75 Å². The van der Waals surface area contributed by atoms with E-state index in [0.717, 1.165) is 22.7 Å². The second kappa shape index (κ2) is 7.38. The van der Waals surface area contributed by atoms with Gasteiger partial charge in [-0.1, -0.05) is 45.9 Å². The predicted octanol–water partition coefficient (Wildman–Crippen LogP) is 5.10. The minimum absolute atomic E-state index is 0.00470. The summed E-state index contributed by atoms with van der Waals surface area (Å²) in [4.78, 5) is 4.57. The van der Waals surface area contributed by atoms with E-state index < -0.39 is 14.6 Å². The molecule has 1 aromatic carbocycles. The molecule has 0 N–H and O–H groups in total. The average Bonchev–Trinajstić information content (AvgIpc) is 3.03. The van der Waals surface area contributed by atoms with Gasteiger partial charge in [-0.3, -0.25) is 0 Å². The van der Waals surface area contributed by atoms with E-state index in [4.69, 9.17) is 9.16 Å². The highest BCUT2D eigenvalue weighted by atomic mass is 32.1. The van der Waals surface area contributed by atoms with Gasteiger partial charge in [0.25, 0.3) is 0 Å². The Kier molecular flexibility index (Phi) is 5.89. The van der Waals surface area contributed by atoms with Crippen molar-refractivity contribution in [3.05, 3.63) is 45.9 Å². The highest BCUT2D eigenvalue weighted by Gasteiger charge is 2.39. The van der Waals surface area contributed by atoms with Crippen LogP contribution < -0.4 is 4.43 Å². The van der Waals surface area contributed by atoms with Crippen molar-refractivity contribution in [1.29, 1.82) is 0 Å². The molecule has 0 bridgehead atoms. The molecule has 2 aromatic rings. The van der Waals surface area contributed by atoms with Crippen LogP contribution in [0.4, 0.5) is 0 Å². The fourth-order valence-electron chi connectivity index (χ4n) is 3.03. The lowest BCUT2D eigenvalue weighted by molar-refractivity contribution is 0.0170. The molecule has 1 aromatic heterocycles. The molecule has 0 saturated carbocycles. The quantitative estimate of drug-likeness (QED) is 0.669. The first-order valence-electron chi connectivity index (χ1n) is 8.52. The van der Waals surface area contributed by atoms with Crippen LogP contribution in [0.3, 0.4) is 0 Å². The Hall–Kier alpha value is -1.17. The summed E-state index contributed by atoms with van der Waals surface area (Å²) in [5.41, 5.74) is 1.77. The minimum atomic E-state index is -1.27. The van der Waals surface area contributed by atoms with Crippen molar-refractivity contribution in [2.24, 2.45) is 0 Å². The van der Waals surface area contributed by atoms with E-state index in [2.05, 4.69) is 64.0 Å². The van der Waals surface area contributed by atoms with E-state index in [9.17, 15) is 0 Å². The number of aromatic nitrogens is 1. The van der Waals surface area contributed by atoms with Crippen molar-refractivity contribution in [3.8, 4) is 5.75 Å². The standard InChI is InChI=1S/C19H29NO2SSi/c1-8-19(21-5,17-20-12-13-23-17)15-11-9-10-14(18(2,3)4)16(15)22-24(6)7/h9-13,24H,8H2,1-7H3. The van der Waals surface area contributed by atoms with Crippen LogP contribution in [0, 0.1) is 0 Å². The number of hydrogen-bond acceptors (Lipinski definition) is 4. The number of benzene rings is 1. The van der Waals surface area contributed by atoms with Gasteiger partial charge in [-0.25, -0.2) is 4.98 Å². The van der Waals surface area contributed by atoms with Crippen molar-refractivity contribution >= 4 is 20.4 Å². The van der Waals surface area contributed by atoms with E-state index >= 15 is 0 Å². The summed E-state index contributed by atoms with van der Waals surface area (Å²) < 4.78 is 12.5. The topological polar surface area (TPSA) is 31.4 Å². The third kappa shape index (κ3) is 3.58. The van der Waals surface area contributed by atoms with Crippen molar-refractivity contribution in [2.75, 3.05) is 7.11 Å². The van der Waals surface area contributed by atoms with E-state index in [-0.39, 0.29) is 5.41 Å². The summed E-state index contributed by atoms with van der Waals surface area (Å²) in [6.45, 7) is 13.2. The lowest BCUT2D eigenvalue weighted by Gasteiger charge is -2.35. The molecular formula is C19H29NO2SSi. The first kappa shape index (κ1) is 19.2. The lowest BCUT2D eigenvalue weighted by atomic mass is 9.81. The Bertz CT molecular complexity index is 659. The molecule has 0 saturated heterocycles. The summed E-state index contributed by atoms with van der Waals surface area (Å²) in [6.07, 6.45) is 2.65. The second-order valence-electron chi connectivity index (χ2n) is 7.32. The third-order valence-corrected chi connectivity index (χ3v) is 5.86. The van der Waals surface area contributed by atoms with Gasteiger partial charge < -0.3 is 9.16 Å². The van der Waals surface area contributed by atoms with Gasteiger partial charge in [0.1, 0.15) is 16.4 Å². The molecule has 0 radical (unpaired) electrons. The molecule has 1 heterocycles. The molecule has 1 unspecified atom stereocenters. The zero-order chi connectivity index (χ0) is 18.0. The van der Waals surface area contributed by atoms with Gasteiger partial charge in [0.05, 0.1) is 0 Å². The highest BCUT2D eigenvalue weighted by molar-refractivity contribution is 7.09. The van der Waals surface area contributed by atoms with Crippen molar-refractivity contribution < 1.29 is 9.16 Å². The maximum atomic E-state index is 6.45. The summed E-state index contributed by atoms with van der Waals surface area (Å²) >= 11 is 1.63. The minimum Gasteiger partial charge on any atom is -0.547 e. The Morgan fingerprint density at radius 3 is 2.29 bits per heavy atom. The largest absolute Gasteiger partial charge is 0.547 e. The Balaban J connectivity index is 2.76. The van der Waals surface area contributed by atoms with Crippen molar-refractivity contribution in [2.45, 2.75) is 58.2 Å². The summed E-state index contributed by atoms with van der Waals surface area (Å²) in [5.74, 6) is 0.991. The van der Waals surface area contributed by atoms with Crippen LogP contribution >= 0.6 is 11.3 Å². The van der Waals surface area contributed by atoms with Crippen molar-refractivity contribution in [3.63, 3.8) is 0 Å². The molecular weight excluding hydrogens is 334 g/mol. The Labute approximate surface area is 151 Å². The lowest BCUT2D eigenvalue weighted by Crippen LogP contribution is -2.32. The molecule has 0 amide bonds. The van der Waals surface area contributed by atoms with Crippen molar-refractivity contribution in [1.82, 2.24) is 4.98 Å². The first-order chi connectivity index (χ1) is 11.3. The first-order valence-corrected chi connectivity index (χ1v) is 12.2. The molecule has 132 valence electrons. The zero-order valence-electron chi connectivity index (χ0n) is 15.8. The Morgan fingerprint density at radius 1 is 1.17 bits per heavy atom. The molecule has 0 aliphatic heterocycles. The normalized spacial score (nSPS) is 14.7. The third-order valence-electron chi connectivity index (χ3n) is 4.24. The average molecular weight is 364 g/mol. The predicted molar refractivity (Wildman–Crippen MR) is 105 cm³/mol. The summed E-state index contributed by atoms with van der Waals surface area (Å²) in [6, 6.07) is 6.42. The monoisotopic (exact) mass is 363 g/mol. The number of rotatable bonds is 6.